The monoisotopic (exact) mass is 862 g/mol. The first-order valence-corrected chi connectivity index (χ1v) is 28.0. The Morgan fingerprint density at radius 2 is 0.656 bits per heavy atom. The van der Waals surface area contributed by atoms with Crippen molar-refractivity contribution in [3.05, 3.63) is 12.2 Å². The molecule has 0 aromatic rings. The van der Waals surface area contributed by atoms with E-state index < -0.39 is 18.2 Å². The number of unbranched alkanes of at least 4 members (excludes halogenated alkanes) is 42. The second-order valence-corrected chi connectivity index (χ2v) is 19.5. The van der Waals surface area contributed by atoms with E-state index in [1.807, 2.05) is 0 Å². The standard InChI is InChI=1S/C56H111NO4/c1-3-5-7-9-11-13-15-17-19-20-21-22-23-24-25-26-27-28-29-30-31-32-33-34-35-37-39-41-43-45-47-49-51-55(60)57-53(52-58)56(61)54(59)50-48-46-44-42-40-38-36-18-16-14-12-10-8-6-4-2/h24-25,53-54,56,58-59,61H,3-23,26-52H2,1-2H3,(H,57,60)/b25-24-. The lowest BCUT2D eigenvalue weighted by Gasteiger charge is -2.26. The largest absolute Gasteiger partial charge is 0.394 e. The van der Waals surface area contributed by atoms with Gasteiger partial charge in [-0.25, -0.2) is 0 Å². The topological polar surface area (TPSA) is 89.8 Å². The number of nitrogens with one attached hydrogen (secondary N) is 1. The molecule has 0 aliphatic rings. The van der Waals surface area contributed by atoms with Crippen molar-refractivity contribution in [3.8, 4) is 0 Å². The predicted molar refractivity (Wildman–Crippen MR) is 269 cm³/mol. The van der Waals surface area contributed by atoms with Crippen molar-refractivity contribution in [1.82, 2.24) is 5.32 Å². The molecule has 0 saturated carbocycles. The number of hydrogen-bond donors (Lipinski definition) is 4. The Balaban J connectivity index is 3.47. The van der Waals surface area contributed by atoms with Crippen molar-refractivity contribution in [2.75, 3.05) is 6.61 Å². The van der Waals surface area contributed by atoms with Crippen LogP contribution in [-0.2, 0) is 4.79 Å². The van der Waals surface area contributed by atoms with Crippen LogP contribution in [0.4, 0.5) is 0 Å². The van der Waals surface area contributed by atoms with E-state index in [-0.39, 0.29) is 12.5 Å². The van der Waals surface area contributed by atoms with Crippen molar-refractivity contribution < 1.29 is 20.1 Å². The van der Waals surface area contributed by atoms with E-state index in [9.17, 15) is 20.1 Å². The molecular weight excluding hydrogens is 751 g/mol. The van der Waals surface area contributed by atoms with Crippen LogP contribution < -0.4 is 5.32 Å². The van der Waals surface area contributed by atoms with Gasteiger partial charge in [-0.05, 0) is 38.5 Å². The van der Waals surface area contributed by atoms with E-state index >= 15 is 0 Å². The number of rotatable bonds is 52. The Morgan fingerprint density at radius 1 is 0.393 bits per heavy atom. The minimum atomic E-state index is -1.13. The minimum absolute atomic E-state index is 0.139. The lowest BCUT2D eigenvalue weighted by atomic mass is 9.99. The predicted octanol–water partition coefficient (Wildman–Crippen LogP) is 17.1. The molecule has 5 nitrogen and oxygen atoms in total. The third-order valence-corrected chi connectivity index (χ3v) is 13.4. The molecule has 61 heavy (non-hydrogen) atoms. The Morgan fingerprint density at radius 3 is 0.951 bits per heavy atom. The highest BCUT2D eigenvalue weighted by Crippen LogP contribution is 2.18. The van der Waals surface area contributed by atoms with E-state index in [4.69, 9.17) is 0 Å². The van der Waals surface area contributed by atoms with Crippen LogP contribution in [0.2, 0.25) is 0 Å². The molecule has 0 aliphatic heterocycles. The summed E-state index contributed by atoms with van der Waals surface area (Å²) in [4.78, 5) is 12.5. The van der Waals surface area contributed by atoms with Gasteiger partial charge in [-0.1, -0.05) is 283 Å². The maximum Gasteiger partial charge on any atom is 0.220 e. The summed E-state index contributed by atoms with van der Waals surface area (Å²) in [5.74, 6) is -0.139. The van der Waals surface area contributed by atoms with Gasteiger partial charge in [0.15, 0.2) is 0 Å². The number of aliphatic hydroxyl groups excluding tert-OH is 3. The normalized spacial score (nSPS) is 13.3. The number of allylic oxidation sites excluding steroid dienone is 2. The summed E-state index contributed by atoms with van der Waals surface area (Å²) >= 11 is 0. The number of aliphatic hydroxyl groups is 3. The van der Waals surface area contributed by atoms with Gasteiger partial charge in [-0.3, -0.25) is 4.79 Å². The van der Waals surface area contributed by atoms with E-state index in [1.54, 1.807) is 0 Å². The summed E-state index contributed by atoms with van der Waals surface area (Å²) in [7, 11) is 0. The van der Waals surface area contributed by atoms with Crippen LogP contribution in [0.1, 0.15) is 316 Å². The van der Waals surface area contributed by atoms with Gasteiger partial charge in [0.05, 0.1) is 18.8 Å². The third kappa shape index (κ3) is 46.9. The maximum absolute atomic E-state index is 12.5. The van der Waals surface area contributed by atoms with Gasteiger partial charge in [0, 0.05) is 6.42 Å². The lowest BCUT2D eigenvalue weighted by molar-refractivity contribution is -0.124. The van der Waals surface area contributed by atoms with Gasteiger partial charge in [0.1, 0.15) is 6.10 Å². The summed E-state index contributed by atoms with van der Waals surface area (Å²) in [6, 6.07) is -0.806. The zero-order chi connectivity index (χ0) is 44.4. The number of hydrogen-bond acceptors (Lipinski definition) is 4. The Labute approximate surface area is 382 Å². The van der Waals surface area contributed by atoms with Crippen LogP contribution in [-0.4, -0.2) is 46.1 Å². The Hall–Kier alpha value is -0.910. The average molecular weight is 863 g/mol. The SMILES string of the molecule is CCCCCCCCCCCCCC/C=C\CCCCCCCCCCCCCCCCCCC(=O)NC(CO)C(O)C(O)CCCCCCCCCCCCCCCCC. The van der Waals surface area contributed by atoms with Crippen LogP contribution >= 0.6 is 0 Å². The minimum Gasteiger partial charge on any atom is -0.394 e. The molecule has 0 saturated heterocycles. The fraction of sp³-hybridized carbons (Fsp3) is 0.946. The zero-order valence-electron chi connectivity index (χ0n) is 41.6. The van der Waals surface area contributed by atoms with E-state index in [1.165, 1.54) is 257 Å². The van der Waals surface area contributed by atoms with Crippen molar-refractivity contribution >= 4 is 5.91 Å². The van der Waals surface area contributed by atoms with Crippen LogP contribution in [0, 0.1) is 0 Å². The zero-order valence-corrected chi connectivity index (χ0v) is 41.6. The second kappa shape index (κ2) is 51.7. The highest BCUT2D eigenvalue weighted by molar-refractivity contribution is 5.76. The molecule has 0 aromatic carbocycles. The average Bonchev–Trinajstić information content (AvgIpc) is 3.26. The van der Waals surface area contributed by atoms with Gasteiger partial charge >= 0.3 is 0 Å². The fourth-order valence-electron chi connectivity index (χ4n) is 9.04. The molecule has 1 amide bonds. The Kier molecular flexibility index (Phi) is 51.0. The summed E-state index contributed by atoms with van der Waals surface area (Å²) in [6.45, 7) is 4.21. The molecule has 0 heterocycles. The highest BCUT2D eigenvalue weighted by atomic mass is 16.3. The first-order chi connectivity index (χ1) is 30.1. The van der Waals surface area contributed by atoms with Crippen molar-refractivity contribution in [2.45, 2.75) is 334 Å². The molecule has 0 radical (unpaired) electrons. The second-order valence-electron chi connectivity index (χ2n) is 19.5. The molecule has 0 aliphatic carbocycles. The van der Waals surface area contributed by atoms with Crippen LogP contribution in [0.3, 0.4) is 0 Å². The number of amides is 1. The molecule has 364 valence electrons. The quantitative estimate of drug-likeness (QED) is 0.0362. The smallest absolute Gasteiger partial charge is 0.220 e. The molecule has 5 heteroatoms. The Bertz CT molecular complexity index is 864. The van der Waals surface area contributed by atoms with Crippen molar-refractivity contribution in [3.63, 3.8) is 0 Å². The molecule has 3 unspecified atom stereocenters. The fourth-order valence-corrected chi connectivity index (χ4v) is 9.04. The van der Waals surface area contributed by atoms with Gasteiger partial charge in [-0.2, -0.15) is 0 Å². The van der Waals surface area contributed by atoms with E-state index in [0.29, 0.717) is 12.8 Å². The molecule has 3 atom stereocenters. The molecule has 0 spiro atoms. The van der Waals surface area contributed by atoms with Crippen LogP contribution in [0.5, 0.6) is 0 Å². The van der Waals surface area contributed by atoms with Gasteiger partial charge in [0.2, 0.25) is 5.91 Å². The summed E-state index contributed by atoms with van der Waals surface area (Å²) in [6.07, 6.45) is 63.7. The molecule has 0 bridgehead atoms. The van der Waals surface area contributed by atoms with Crippen LogP contribution in [0.15, 0.2) is 12.2 Å². The van der Waals surface area contributed by atoms with Gasteiger partial charge in [-0.15, -0.1) is 0 Å². The van der Waals surface area contributed by atoms with Crippen LogP contribution in [0.25, 0.3) is 0 Å². The van der Waals surface area contributed by atoms with Gasteiger partial charge < -0.3 is 20.6 Å². The maximum atomic E-state index is 12.5. The first kappa shape index (κ1) is 60.1. The number of carbonyl (C=O) groups is 1. The highest BCUT2D eigenvalue weighted by Gasteiger charge is 2.26. The van der Waals surface area contributed by atoms with Crippen molar-refractivity contribution in [2.24, 2.45) is 0 Å². The van der Waals surface area contributed by atoms with Gasteiger partial charge in [0.25, 0.3) is 0 Å². The van der Waals surface area contributed by atoms with Crippen molar-refractivity contribution in [1.29, 1.82) is 0 Å². The molecular formula is C56H111NO4. The summed E-state index contributed by atoms with van der Waals surface area (Å²) in [5.41, 5.74) is 0. The molecule has 0 fully saturated rings. The van der Waals surface area contributed by atoms with E-state index in [2.05, 4.69) is 31.3 Å². The van der Waals surface area contributed by atoms with E-state index in [0.717, 1.165) is 32.1 Å². The molecule has 4 N–H and O–H groups in total. The first-order valence-electron chi connectivity index (χ1n) is 28.0. The molecule has 0 rings (SSSR count). The third-order valence-electron chi connectivity index (χ3n) is 13.4. The summed E-state index contributed by atoms with van der Waals surface area (Å²) < 4.78 is 0. The summed E-state index contributed by atoms with van der Waals surface area (Å²) in [5, 5.41) is 33.7. The molecule has 0 aromatic heterocycles. The number of carbonyl (C=O) groups excluding carboxylic acids is 1. The lowest BCUT2D eigenvalue weighted by Crippen LogP contribution is -2.50.